The number of ether oxygens (including phenoxy) is 3. The highest BCUT2D eigenvalue weighted by molar-refractivity contribution is 6.30. The molecule has 0 saturated heterocycles. The number of halogens is 1. The minimum atomic E-state index is -0.417. The number of hydrogen-bond donors (Lipinski definition) is 1. The molecule has 0 fully saturated rings. The van der Waals surface area contributed by atoms with Crippen LogP contribution >= 0.6 is 11.6 Å². The van der Waals surface area contributed by atoms with Gasteiger partial charge >= 0.3 is 5.97 Å². The first-order valence-corrected chi connectivity index (χ1v) is 9.25. The molecule has 0 aliphatic carbocycles. The third-order valence-corrected chi connectivity index (χ3v) is 4.35. The molecule has 1 heterocycles. The first-order valence-electron chi connectivity index (χ1n) is 8.87. The van der Waals surface area contributed by atoms with Crippen LogP contribution in [0, 0.1) is 0 Å². The lowest BCUT2D eigenvalue weighted by atomic mass is 10.1. The summed E-state index contributed by atoms with van der Waals surface area (Å²) in [5, 5.41) is 7.03. The Labute approximate surface area is 177 Å². The van der Waals surface area contributed by atoms with Gasteiger partial charge in [0.05, 0.1) is 19.8 Å². The molecule has 0 atom stereocenters. The molecule has 0 spiro atoms. The minimum Gasteiger partial charge on any atom is -0.493 e. The molecule has 3 rings (SSSR count). The van der Waals surface area contributed by atoms with E-state index in [2.05, 4.69) is 15.2 Å². The lowest BCUT2D eigenvalue weighted by molar-refractivity contribution is 0.0600. The summed E-state index contributed by atoms with van der Waals surface area (Å²) >= 11 is 5.92. The molecule has 2 aromatic carbocycles. The van der Waals surface area contributed by atoms with Crippen molar-refractivity contribution in [3.05, 3.63) is 76.1 Å². The van der Waals surface area contributed by atoms with E-state index in [9.17, 15) is 9.59 Å². The van der Waals surface area contributed by atoms with Crippen molar-refractivity contribution >= 4 is 23.5 Å². The second kappa shape index (κ2) is 9.80. The van der Waals surface area contributed by atoms with Gasteiger partial charge in [-0.05, 0) is 29.8 Å². The topological polar surface area (TPSA) is 99.9 Å². The van der Waals surface area contributed by atoms with E-state index in [1.54, 1.807) is 42.5 Å². The number of benzene rings is 2. The number of aromatic nitrogens is 1. The third-order valence-electron chi connectivity index (χ3n) is 4.12. The number of carbonyl (C=O) groups is 2. The largest absolute Gasteiger partial charge is 0.493 e. The maximum atomic E-state index is 12.3. The number of nitrogens with one attached hydrogen (secondary N) is 1. The number of methoxy groups -OCH3 is 2. The van der Waals surface area contributed by atoms with Crippen LogP contribution in [0.25, 0.3) is 0 Å². The summed E-state index contributed by atoms with van der Waals surface area (Å²) in [4.78, 5) is 23.7. The van der Waals surface area contributed by atoms with E-state index in [0.717, 1.165) is 5.56 Å². The first kappa shape index (κ1) is 21.2. The van der Waals surface area contributed by atoms with Gasteiger partial charge in [-0.15, -0.1) is 0 Å². The van der Waals surface area contributed by atoms with Crippen molar-refractivity contribution in [3.8, 4) is 11.5 Å². The summed E-state index contributed by atoms with van der Waals surface area (Å²) in [7, 11) is 2.83. The number of esters is 1. The molecule has 0 aliphatic rings. The van der Waals surface area contributed by atoms with E-state index in [1.165, 1.54) is 20.3 Å². The van der Waals surface area contributed by atoms with Crippen LogP contribution in [0.1, 0.15) is 32.2 Å². The highest BCUT2D eigenvalue weighted by Gasteiger charge is 2.14. The number of rotatable bonds is 8. The molecule has 0 saturated carbocycles. The van der Waals surface area contributed by atoms with Crippen molar-refractivity contribution in [2.75, 3.05) is 14.2 Å². The van der Waals surface area contributed by atoms with Crippen LogP contribution in [0.5, 0.6) is 11.5 Å². The normalized spacial score (nSPS) is 10.4. The van der Waals surface area contributed by atoms with Crippen LogP contribution in [0.15, 0.2) is 53.1 Å². The van der Waals surface area contributed by atoms with Gasteiger partial charge in [0.25, 0.3) is 5.91 Å². The monoisotopic (exact) mass is 430 g/mol. The predicted octanol–water partition coefficient (Wildman–Crippen LogP) is 3.63. The van der Waals surface area contributed by atoms with Gasteiger partial charge in [0.15, 0.2) is 23.0 Å². The van der Waals surface area contributed by atoms with Gasteiger partial charge in [-0.1, -0.05) is 28.9 Å². The lowest BCUT2D eigenvalue weighted by Crippen LogP contribution is -2.23. The average molecular weight is 431 g/mol. The van der Waals surface area contributed by atoms with Gasteiger partial charge in [-0.25, -0.2) is 4.79 Å². The second-order valence-corrected chi connectivity index (χ2v) is 6.57. The van der Waals surface area contributed by atoms with Gasteiger partial charge in [0.2, 0.25) is 0 Å². The molecule has 9 heteroatoms. The fourth-order valence-electron chi connectivity index (χ4n) is 2.55. The zero-order valence-corrected chi connectivity index (χ0v) is 17.1. The molecule has 30 heavy (non-hydrogen) atoms. The summed E-state index contributed by atoms with van der Waals surface area (Å²) in [5.41, 5.74) is 1.38. The SMILES string of the molecule is COC(=O)c1ccc(CNC(=O)c2cc(COc3ccc(Cl)cc3OC)on2)cc1. The van der Waals surface area contributed by atoms with Gasteiger partial charge in [0, 0.05) is 23.7 Å². The van der Waals surface area contributed by atoms with Crippen molar-refractivity contribution in [2.45, 2.75) is 13.2 Å². The maximum Gasteiger partial charge on any atom is 0.337 e. The molecule has 3 aromatic rings. The van der Waals surface area contributed by atoms with Crippen molar-refractivity contribution in [1.82, 2.24) is 10.5 Å². The third kappa shape index (κ3) is 5.30. The average Bonchev–Trinajstić information content (AvgIpc) is 3.25. The number of carbonyl (C=O) groups excluding carboxylic acids is 2. The quantitative estimate of drug-likeness (QED) is 0.544. The van der Waals surface area contributed by atoms with E-state index in [1.807, 2.05) is 0 Å². The van der Waals surface area contributed by atoms with Crippen LogP contribution in [0.2, 0.25) is 5.02 Å². The van der Waals surface area contributed by atoms with Crippen molar-refractivity contribution in [2.24, 2.45) is 0 Å². The Balaban J connectivity index is 1.54. The Bertz CT molecular complexity index is 1030. The van der Waals surface area contributed by atoms with E-state index in [4.69, 9.17) is 25.6 Å². The van der Waals surface area contributed by atoms with Crippen LogP contribution in [-0.2, 0) is 17.9 Å². The van der Waals surface area contributed by atoms with Gasteiger partial charge < -0.3 is 24.1 Å². The van der Waals surface area contributed by atoms with Gasteiger partial charge in [-0.3, -0.25) is 4.79 Å². The summed E-state index contributed by atoms with van der Waals surface area (Å²) < 4.78 is 20.7. The van der Waals surface area contributed by atoms with Gasteiger partial charge in [0.1, 0.15) is 6.61 Å². The van der Waals surface area contributed by atoms with Gasteiger partial charge in [-0.2, -0.15) is 0 Å². The highest BCUT2D eigenvalue weighted by atomic mass is 35.5. The van der Waals surface area contributed by atoms with E-state index in [0.29, 0.717) is 27.8 Å². The Kier molecular flexibility index (Phi) is 6.92. The standard InChI is InChI=1S/C21H19ClN2O6/c1-27-19-9-15(22)7-8-18(19)29-12-16-10-17(24-30-16)20(25)23-11-13-3-5-14(6-4-13)21(26)28-2/h3-10H,11-12H2,1-2H3,(H,23,25). The Morgan fingerprint density at radius 3 is 2.53 bits per heavy atom. The molecular weight excluding hydrogens is 412 g/mol. The fraction of sp³-hybridized carbons (Fsp3) is 0.190. The predicted molar refractivity (Wildman–Crippen MR) is 108 cm³/mol. The number of nitrogens with zero attached hydrogens (tertiary/aromatic N) is 1. The molecule has 1 aromatic heterocycles. The molecule has 0 aliphatic heterocycles. The van der Waals surface area contributed by atoms with Crippen molar-refractivity contribution < 1.29 is 28.3 Å². The van der Waals surface area contributed by atoms with Crippen molar-refractivity contribution in [1.29, 1.82) is 0 Å². The maximum absolute atomic E-state index is 12.3. The fourth-order valence-corrected chi connectivity index (χ4v) is 2.71. The van der Waals surface area contributed by atoms with Crippen LogP contribution in [0.3, 0.4) is 0 Å². The second-order valence-electron chi connectivity index (χ2n) is 6.13. The molecule has 1 N–H and O–H groups in total. The molecule has 0 unspecified atom stereocenters. The Morgan fingerprint density at radius 2 is 1.83 bits per heavy atom. The molecule has 0 radical (unpaired) electrons. The molecule has 8 nitrogen and oxygen atoms in total. The Hall–Kier alpha value is -3.52. The van der Waals surface area contributed by atoms with E-state index >= 15 is 0 Å². The molecule has 0 bridgehead atoms. The summed E-state index contributed by atoms with van der Waals surface area (Å²) in [6, 6.07) is 13.2. The Morgan fingerprint density at radius 1 is 1.07 bits per heavy atom. The smallest absolute Gasteiger partial charge is 0.337 e. The summed E-state index contributed by atoms with van der Waals surface area (Å²) in [6.07, 6.45) is 0. The van der Waals surface area contributed by atoms with Crippen LogP contribution in [-0.4, -0.2) is 31.3 Å². The molecule has 1 amide bonds. The van der Waals surface area contributed by atoms with Crippen LogP contribution < -0.4 is 14.8 Å². The highest BCUT2D eigenvalue weighted by Crippen LogP contribution is 2.30. The summed E-state index contributed by atoms with van der Waals surface area (Å²) in [5.74, 6) is 0.530. The molecule has 156 valence electrons. The molecular formula is C21H19ClN2O6. The van der Waals surface area contributed by atoms with Crippen molar-refractivity contribution in [3.63, 3.8) is 0 Å². The number of amides is 1. The first-order chi connectivity index (χ1) is 14.5. The lowest BCUT2D eigenvalue weighted by Gasteiger charge is -2.09. The zero-order chi connectivity index (χ0) is 21.5. The summed E-state index contributed by atoms with van der Waals surface area (Å²) in [6.45, 7) is 0.328. The minimum absolute atomic E-state index is 0.0628. The van der Waals surface area contributed by atoms with E-state index < -0.39 is 11.9 Å². The number of hydrogen-bond acceptors (Lipinski definition) is 7. The van der Waals surface area contributed by atoms with E-state index in [-0.39, 0.29) is 18.8 Å². The zero-order valence-electron chi connectivity index (χ0n) is 16.3. The van der Waals surface area contributed by atoms with Crippen LogP contribution in [0.4, 0.5) is 0 Å².